The quantitative estimate of drug-likeness (QED) is 0.509. The highest BCUT2D eigenvalue weighted by molar-refractivity contribution is 6.35. The Labute approximate surface area is 178 Å². The summed E-state index contributed by atoms with van der Waals surface area (Å²) in [6.07, 6.45) is 0.758. The zero-order valence-corrected chi connectivity index (χ0v) is 17.1. The van der Waals surface area contributed by atoms with E-state index in [1.54, 1.807) is 12.1 Å². The highest BCUT2D eigenvalue weighted by Gasteiger charge is 2.39. The van der Waals surface area contributed by atoms with Crippen LogP contribution in [0.1, 0.15) is 36.0 Å². The van der Waals surface area contributed by atoms with Gasteiger partial charge in [0, 0.05) is 40.9 Å². The summed E-state index contributed by atoms with van der Waals surface area (Å²) < 4.78 is 0. The third kappa shape index (κ3) is 4.42. The molecule has 0 spiro atoms. The van der Waals surface area contributed by atoms with Gasteiger partial charge in [-0.1, -0.05) is 53.4 Å². The minimum absolute atomic E-state index is 0.228. The van der Waals surface area contributed by atoms with E-state index in [9.17, 15) is 14.7 Å². The number of hydrogen-bond acceptors (Lipinski definition) is 4. The number of nitrogens with zero attached hydrogens (tertiary/aromatic N) is 1. The normalized spacial score (nSPS) is 17.7. The Hall–Kier alpha value is -2.88. The smallest absolute Gasteiger partial charge is 0.328 e. The first-order chi connectivity index (χ1) is 13.8. The number of halogens is 2. The van der Waals surface area contributed by atoms with E-state index in [2.05, 4.69) is 17.4 Å². The maximum absolute atomic E-state index is 12.0. The van der Waals surface area contributed by atoms with Crippen LogP contribution in [-0.2, 0) is 16.0 Å². The molecule has 2 aromatic rings. The van der Waals surface area contributed by atoms with Crippen LogP contribution >= 0.6 is 23.2 Å². The number of nitrogens with one attached hydrogen (secondary N) is 1. The van der Waals surface area contributed by atoms with Crippen molar-refractivity contribution in [2.45, 2.75) is 31.7 Å². The zero-order chi connectivity index (χ0) is 21.1. The lowest BCUT2D eigenvalue weighted by molar-refractivity contribution is -0.139. The second-order valence-electron chi connectivity index (χ2n) is 6.74. The first-order valence-electron chi connectivity index (χ1n) is 8.87. The maximum Gasteiger partial charge on any atom is 0.328 e. The fourth-order valence-corrected chi connectivity index (χ4v) is 4.19. The van der Waals surface area contributed by atoms with E-state index < -0.39 is 12.0 Å². The predicted molar refractivity (Wildman–Crippen MR) is 113 cm³/mol. The van der Waals surface area contributed by atoms with Gasteiger partial charge < -0.3 is 10.8 Å². The Bertz CT molecular complexity index is 1010. The first kappa shape index (κ1) is 20.8. The minimum Gasteiger partial charge on any atom is -0.480 e. The van der Waals surface area contributed by atoms with Gasteiger partial charge in [0.1, 0.15) is 6.04 Å². The van der Waals surface area contributed by atoms with Crippen LogP contribution < -0.4 is 16.2 Å². The van der Waals surface area contributed by atoms with Gasteiger partial charge in [-0.3, -0.25) is 15.2 Å². The average molecular weight is 432 g/mol. The fraction of sp³-hybridized carbons (Fsp3) is 0.238. The number of aliphatic carboxylic acids is 1. The summed E-state index contributed by atoms with van der Waals surface area (Å²) >= 11 is 12.7. The molecule has 2 aromatic carbocycles. The van der Waals surface area contributed by atoms with Crippen molar-refractivity contribution in [1.29, 1.82) is 0 Å². The van der Waals surface area contributed by atoms with Gasteiger partial charge in [0.15, 0.2) is 0 Å². The zero-order valence-electron chi connectivity index (χ0n) is 15.6. The minimum atomic E-state index is -1.06. The van der Waals surface area contributed by atoms with Gasteiger partial charge in [-0.05, 0) is 29.7 Å². The van der Waals surface area contributed by atoms with Gasteiger partial charge >= 0.3 is 5.97 Å². The summed E-state index contributed by atoms with van der Waals surface area (Å²) in [4.78, 5) is 23.7. The fourth-order valence-electron chi connectivity index (χ4n) is 3.57. The molecule has 2 unspecified atom stereocenters. The average Bonchev–Trinajstić information content (AvgIpc) is 2.66. The Kier molecular flexibility index (Phi) is 6.21. The van der Waals surface area contributed by atoms with E-state index in [1.165, 1.54) is 11.9 Å². The first-order valence-corrected chi connectivity index (χ1v) is 9.63. The second-order valence-corrected chi connectivity index (χ2v) is 7.58. The molecule has 1 aliphatic heterocycles. The summed E-state index contributed by atoms with van der Waals surface area (Å²) in [5.41, 5.74) is 10.9. The number of carbonyl (C=O) groups excluding carboxylic acids is 1. The lowest BCUT2D eigenvalue weighted by Crippen LogP contribution is -2.54. The number of hydrazine groups is 1. The van der Waals surface area contributed by atoms with Crippen molar-refractivity contribution in [2.75, 3.05) is 5.01 Å². The Morgan fingerprint density at radius 1 is 1.28 bits per heavy atom. The summed E-state index contributed by atoms with van der Waals surface area (Å²) in [5.74, 6) is 1.08. The molecular weight excluding hydrogens is 413 g/mol. The van der Waals surface area contributed by atoms with Crippen LogP contribution in [0.15, 0.2) is 36.4 Å². The number of carboxylic acids is 1. The van der Waals surface area contributed by atoms with Gasteiger partial charge in [0.25, 0.3) is 0 Å². The molecule has 1 aliphatic rings. The summed E-state index contributed by atoms with van der Waals surface area (Å²) in [6.45, 7) is 1.32. The van der Waals surface area contributed by atoms with Crippen molar-refractivity contribution in [3.8, 4) is 12.0 Å². The van der Waals surface area contributed by atoms with Crippen LogP contribution in [0.2, 0.25) is 10.0 Å². The van der Waals surface area contributed by atoms with Crippen LogP contribution in [0.25, 0.3) is 0 Å². The number of nitrogens with two attached hydrogens (primary N) is 1. The van der Waals surface area contributed by atoms with E-state index in [4.69, 9.17) is 28.9 Å². The number of carbonyl (C=O) groups is 2. The number of anilines is 1. The molecule has 1 heterocycles. The molecule has 29 heavy (non-hydrogen) atoms. The molecule has 0 aromatic heterocycles. The largest absolute Gasteiger partial charge is 0.480 e. The maximum atomic E-state index is 12.0. The third-order valence-electron chi connectivity index (χ3n) is 4.79. The summed E-state index contributed by atoms with van der Waals surface area (Å²) in [5, 5.41) is 11.9. The highest BCUT2D eigenvalue weighted by Crippen LogP contribution is 2.46. The molecule has 8 heteroatoms. The van der Waals surface area contributed by atoms with Crippen LogP contribution in [0.5, 0.6) is 0 Å². The topological polar surface area (TPSA) is 95.7 Å². The van der Waals surface area contributed by atoms with Crippen molar-refractivity contribution in [3.63, 3.8) is 0 Å². The standard InChI is InChI=1S/C21H19Cl2N3O3/c1-12(27)25-26-18-10-15(22)9-17(23)20(18)16(11-19(26)21(28)29)14-6-4-13(5-7-14)3-2-8-24/h4-7,9-10,16,19H,3,11,24H2,1H3,(H,25,27)(H,28,29). The number of amides is 1. The second kappa shape index (κ2) is 8.64. The van der Waals surface area contributed by atoms with Gasteiger partial charge in [-0.25, -0.2) is 4.79 Å². The molecule has 150 valence electrons. The monoisotopic (exact) mass is 431 g/mol. The van der Waals surface area contributed by atoms with Crippen molar-refractivity contribution in [3.05, 3.63) is 63.1 Å². The van der Waals surface area contributed by atoms with E-state index in [-0.39, 0.29) is 18.2 Å². The summed E-state index contributed by atoms with van der Waals surface area (Å²) in [6, 6.07) is 12.4. The number of carboxylic acid groups (broad SMARTS) is 1. The molecule has 0 saturated carbocycles. The SMILES string of the molecule is CC(=O)NN1c2cc(Cl)cc(Cl)c2C(c2ccc(CC#CN)cc2)CC1C(=O)O. The molecular formula is C21H19Cl2N3O3. The molecule has 0 radical (unpaired) electrons. The van der Waals surface area contributed by atoms with E-state index in [0.717, 1.165) is 16.7 Å². The van der Waals surface area contributed by atoms with Crippen molar-refractivity contribution >= 4 is 40.8 Å². The molecule has 3 rings (SSSR count). The Morgan fingerprint density at radius 3 is 2.55 bits per heavy atom. The lowest BCUT2D eigenvalue weighted by Gasteiger charge is -2.40. The van der Waals surface area contributed by atoms with Crippen molar-refractivity contribution in [2.24, 2.45) is 5.73 Å². The number of fused-ring (bicyclic) bond motifs is 1. The van der Waals surface area contributed by atoms with Crippen molar-refractivity contribution in [1.82, 2.24) is 5.43 Å². The van der Waals surface area contributed by atoms with Crippen LogP contribution in [0.3, 0.4) is 0 Å². The number of hydrogen-bond donors (Lipinski definition) is 3. The van der Waals surface area contributed by atoms with Gasteiger partial charge in [0.2, 0.25) is 5.91 Å². The molecule has 0 saturated heterocycles. The molecule has 0 fully saturated rings. The van der Waals surface area contributed by atoms with Gasteiger partial charge in [-0.2, -0.15) is 0 Å². The molecule has 0 bridgehead atoms. The van der Waals surface area contributed by atoms with Gasteiger partial charge in [-0.15, -0.1) is 0 Å². The van der Waals surface area contributed by atoms with Crippen molar-refractivity contribution < 1.29 is 14.7 Å². The van der Waals surface area contributed by atoms with Crippen LogP contribution in [0, 0.1) is 12.0 Å². The molecule has 4 N–H and O–H groups in total. The highest BCUT2D eigenvalue weighted by atomic mass is 35.5. The Balaban J connectivity index is 2.11. The number of benzene rings is 2. The van der Waals surface area contributed by atoms with E-state index >= 15 is 0 Å². The molecule has 2 atom stereocenters. The van der Waals surface area contributed by atoms with E-state index in [1.807, 2.05) is 24.3 Å². The van der Waals surface area contributed by atoms with Crippen LogP contribution in [0.4, 0.5) is 5.69 Å². The van der Waals surface area contributed by atoms with Crippen LogP contribution in [-0.4, -0.2) is 23.0 Å². The van der Waals surface area contributed by atoms with Gasteiger partial charge in [0.05, 0.1) is 5.69 Å². The third-order valence-corrected chi connectivity index (χ3v) is 5.32. The molecule has 0 aliphatic carbocycles. The predicted octanol–water partition coefficient (Wildman–Crippen LogP) is 3.30. The van der Waals surface area contributed by atoms with E-state index in [0.29, 0.717) is 22.2 Å². The Morgan fingerprint density at radius 2 is 1.97 bits per heavy atom. The lowest BCUT2D eigenvalue weighted by atomic mass is 9.81. The number of rotatable bonds is 4. The molecule has 6 nitrogen and oxygen atoms in total. The summed E-state index contributed by atoms with van der Waals surface area (Å²) in [7, 11) is 0. The molecule has 1 amide bonds.